The van der Waals surface area contributed by atoms with Crippen molar-refractivity contribution in [2.75, 3.05) is 26.2 Å². The molecule has 1 unspecified atom stereocenters. The molecule has 27 heavy (non-hydrogen) atoms. The number of benzene rings is 1. The molecule has 5 nitrogen and oxygen atoms in total. The second kappa shape index (κ2) is 9.83. The summed E-state index contributed by atoms with van der Waals surface area (Å²) in [5.74, 6) is 0.389. The zero-order chi connectivity index (χ0) is 20.0. The van der Waals surface area contributed by atoms with Gasteiger partial charge in [0.15, 0.2) is 0 Å². The van der Waals surface area contributed by atoms with Gasteiger partial charge in [-0.2, -0.15) is 0 Å². The maximum atomic E-state index is 13.1. The molecule has 0 aliphatic carbocycles. The minimum atomic E-state index is -0.488. The van der Waals surface area contributed by atoms with E-state index in [1.54, 1.807) is 12.1 Å². The number of hydrogen-bond donors (Lipinski definition) is 1. The van der Waals surface area contributed by atoms with E-state index in [9.17, 15) is 14.0 Å². The lowest BCUT2D eigenvalue weighted by Crippen LogP contribution is -2.56. The molecule has 2 amide bonds. The number of carbonyl (C=O) groups excluding carboxylic acids is 2. The molecule has 1 aromatic carbocycles. The lowest BCUT2D eigenvalue weighted by Gasteiger charge is -2.36. The summed E-state index contributed by atoms with van der Waals surface area (Å²) < 4.78 is 13.1. The van der Waals surface area contributed by atoms with Gasteiger partial charge in [-0.1, -0.05) is 39.8 Å². The van der Waals surface area contributed by atoms with Crippen LogP contribution in [0, 0.1) is 17.7 Å². The van der Waals surface area contributed by atoms with Crippen LogP contribution < -0.4 is 5.32 Å². The number of amides is 2. The van der Waals surface area contributed by atoms with Gasteiger partial charge in [0.1, 0.15) is 5.82 Å². The molecule has 1 atom stereocenters. The van der Waals surface area contributed by atoms with Crippen LogP contribution in [-0.2, 0) is 16.1 Å². The van der Waals surface area contributed by atoms with E-state index in [-0.39, 0.29) is 24.1 Å². The third-order valence-corrected chi connectivity index (χ3v) is 4.63. The number of carbonyl (C=O) groups is 2. The van der Waals surface area contributed by atoms with Gasteiger partial charge >= 0.3 is 0 Å². The molecule has 1 fully saturated rings. The van der Waals surface area contributed by atoms with Crippen LogP contribution in [0.5, 0.6) is 0 Å². The van der Waals surface area contributed by atoms with Gasteiger partial charge < -0.3 is 10.2 Å². The van der Waals surface area contributed by atoms with Gasteiger partial charge in [0.05, 0.1) is 12.5 Å². The Morgan fingerprint density at radius 2 is 1.78 bits per heavy atom. The highest BCUT2D eigenvalue weighted by atomic mass is 19.1. The smallest absolute Gasteiger partial charge is 0.237 e. The van der Waals surface area contributed by atoms with Crippen LogP contribution in [-0.4, -0.2) is 53.8 Å². The summed E-state index contributed by atoms with van der Waals surface area (Å²) >= 11 is 0. The highest BCUT2D eigenvalue weighted by molar-refractivity contribution is 5.88. The molecule has 0 radical (unpaired) electrons. The molecule has 1 aromatic rings. The van der Waals surface area contributed by atoms with Gasteiger partial charge in [0.2, 0.25) is 11.8 Å². The van der Waals surface area contributed by atoms with Crippen molar-refractivity contribution in [3.05, 3.63) is 35.6 Å². The molecule has 2 rings (SSSR count). The molecule has 0 aromatic heterocycles. The van der Waals surface area contributed by atoms with Crippen LogP contribution >= 0.6 is 0 Å². The maximum Gasteiger partial charge on any atom is 0.237 e. The summed E-state index contributed by atoms with van der Waals surface area (Å²) in [7, 11) is 0. The van der Waals surface area contributed by atoms with E-state index in [0.717, 1.165) is 5.56 Å². The van der Waals surface area contributed by atoms with E-state index >= 15 is 0 Å². The van der Waals surface area contributed by atoms with Crippen molar-refractivity contribution >= 4 is 11.8 Å². The summed E-state index contributed by atoms with van der Waals surface area (Å²) in [4.78, 5) is 29.3. The SMILES string of the molecule is CC(C)CN(CC(C)C)C(=O)CC1C(=O)NCCN1Cc1ccc(F)cc1. The Labute approximate surface area is 161 Å². The quantitative estimate of drug-likeness (QED) is 0.758. The van der Waals surface area contributed by atoms with Crippen molar-refractivity contribution in [3.63, 3.8) is 0 Å². The van der Waals surface area contributed by atoms with Gasteiger partial charge in [0.25, 0.3) is 0 Å². The molecule has 1 heterocycles. The maximum absolute atomic E-state index is 13.1. The Kier molecular flexibility index (Phi) is 7.78. The number of halogens is 1. The molecule has 150 valence electrons. The topological polar surface area (TPSA) is 52.7 Å². The van der Waals surface area contributed by atoms with Crippen LogP contribution in [0.1, 0.15) is 39.7 Å². The molecule has 1 aliphatic rings. The molecule has 1 aliphatic heterocycles. The molecule has 0 saturated carbocycles. The van der Waals surface area contributed by atoms with Crippen LogP contribution in [0.4, 0.5) is 4.39 Å². The van der Waals surface area contributed by atoms with Crippen molar-refractivity contribution in [1.29, 1.82) is 0 Å². The van der Waals surface area contributed by atoms with Crippen molar-refractivity contribution in [2.45, 2.75) is 46.7 Å². The Morgan fingerprint density at radius 3 is 2.33 bits per heavy atom. The molecular formula is C21H32FN3O2. The average molecular weight is 378 g/mol. The van der Waals surface area contributed by atoms with E-state index in [4.69, 9.17) is 0 Å². The lowest BCUT2D eigenvalue weighted by atomic mass is 10.0. The van der Waals surface area contributed by atoms with E-state index in [1.807, 2.05) is 9.80 Å². The monoisotopic (exact) mass is 377 g/mol. The lowest BCUT2D eigenvalue weighted by molar-refractivity contribution is -0.139. The second-order valence-electron chi connectivity index (χ2n) is 8.19. The van der Waals surface area contributed by atoms with Crippen molar-refractivity contribution in [3.8, 4) is 0 Å². The number of piperazine rings is 1. The standard InChI is InChI=1S/C21H32FN3O2/c1-15(2)12-25(13-16(3)4)20(26)11-19-21(27)23-9-10-24(19)14-17-5-7-18(22)8-6-17/h5-8,15-16,19H,9-14H2,1-4H3,(H,23,27). The summed E-state index contributed by atoms with van der Waals surface area (Å²) in [5, 5.41) is 2.87. The molecule has 0 spiro atoms. The van der Waals surface area contributed by atoms with Crippen LogP contribution in [0.3, 0.4) is 0 Å². The Hall–Kier alpha value is -1.95. The first kappa shape index (κ1) is 21.4. The van der Waals surface area contributed by atoms with Crippen molar-refractivity contribution in [2.24, 2.45) is 11.8 Å². The van der Waals surface area contributed by atoms with Crippen LogP contribution in [0.2, 0.25) is 0 Å². The van der Waals surface area contributed by atoms with Gasteiger partial charge in [-0.25, -0.2) is 4.39 Å². The first-order valence-corrected chi connectivity index (χ1v) is 9.80. The largest absolute Gasteiger partial charge is 0.353 e. The van der Waals surface area contributed by atoms with Gasteiger partial charge in [-0.05, 0) is 29.5 Å². The fourth-order valence-corrected chi connectivity index (χ4v) is 3.45. The third-order valence-electron chi connectivity index (χ3n) is 4.63. The fraction of sp³-hybridized carbons (Fsp3) is 0.619. The highest BCUT2D eigenvalue weighted by Crippen LogP contribution is 2.16. The minimum absolute atomic E-state index is 0.0172. The predicted octanol–water partition coefficient (Wildman–Crippen LogP) is 2.66. The minimum Gasteiger partial charge on any atom is -0.353 e. The third kappa shape index (κ3) is 6.61. The first-order valence-electron chi connectivity index (χ1n) is 9.80. The molecular weight excluding hydrogens is 345 g/mol. The zero-order valence-corrected chi connectivity index (χ0v) is 16.9. The summed E-state index contributed by atoms with van der Waals surface area (Å²) in [6, 6.07) is 5.81. The summed E-state index contributed by atoms with van der Waals surface area (Å²) in [6.07, 6.45) is 0.173. The van der Waals surface area contributed by atoms with E-state index < -0.39 is 6.04 Å². The Balaban J connectivity index is 2.09. The predicted molar refractivity (Wildman–Crippen MR) is 104 cm³/mol. The fourth-order valence-electron chi connectivity index (χ4n) is 3.45. The molecule has 1 saturated heterocycles. The van der Waals surface area contributed by atoms with Gasteiger partial charge in [-0.15, -0.1) is 0 Å². The van der Waals surface area contributed by atoms with E-state index in [2.05, 4.69) is 33.0 Å². The van der Waals surface area contributed by atoms with Gasteiger partial charge in [0, 0.05) is 32.7 Å². The molecule has 6 heteroatoms. The van der Waals surface area contributed by atoms with Crippen molar-refractivity contribution in [1.82, 2.24) is 15.1 Å². The van der Waals surface area contributed by atoms with E-state index in [1.165, 1.54) is 12.1 Å². The first-order chi connectivity index (χ1) is 12.8. The highest BCUT2D eigenvalue weighted by Gasteiger charge is 2.33. The number of nitrogens with one attached hydrogen (secondary N) is 1. The van der Waals surface area contributed by atoms with Crippen LogP contribution in [0.15, 0.2) is 24.3 Å². The van der Waals surface area contributed by atoms with E-state index in [0.29, 0.717) is 44.6 Å². The van der Waals surface area contributed by atoms with Gasteiger partial charge in [-0.3, -0.25) is 14.5 Å². The Morgan fingerprint density at radius 1 is 1.19 bits per heavy atom. The van der Waals surface area contributed by atoms with Crippen LogP contribution in [0.25, 0.3) is 0 Å². The summed E-state index contributed by atoms with van der Waals surface area (Å²) in [6.45, 7) is 11.5. The van der Waals surface area contributed by atoms with Crippen molar-refractivity contribution < 1.29 is 14.0 Å². The number of rotatable bonds is 8. The zero-order valence-electron chi connectivity index (χ0n) is 16.9. The average Bonchev–Trinajstić information content (AvgIpc) is 2.58. The number of nitrogens with zero attached hydrogens (tertiary/aromatic N) is 2. The molecule has 1 N–H and O–H groups in total. The normalized spacial score (nSPS) is 18.0. The second-order valence-corrected chi connectivity index (χ2v) is 8.19. The number of hydrogen-bond acceptors (Lipinski definition) is 3. The summed E-state index contributed by atoms with van der Waals surface area (Å²) in [5.41, 5.74) is 0.935. The Bertz CT molecular complexity index is 621. The molecule has 0 bridgehead atoms.